The van der Waals surface area contributed by atoms with Crippen LogP contribution in [0.3, 0.4) is 0 Å². The van der Waals surface area contributed by atoms with E-state index in [0.29, 0.717) is 0 Å². The van der Waals surface area contributed by atoms with Crippen molar-refractivity contribution in [3.63, 3.8) is 0 Å². The normalized spacial score (nSPS) is 12.0. The Hall–Kier alpha value is -2.64. The predicted molar refractivity (Wildman–Crippen MR) is 74.1 cm³/mol. The lowest BCUT2D eigenvalue weighted by atomic mass is 10.1. The van der Waals surface area contributed by atoms with E-state index in [0.717, 1.165) is 5.56 Å². The van der Waals surface area contributed by atoms with E-state index in [1.165, 1.54) is 25.3 Å². The lowest BCUT2D eigenvalue weighted by molar-refractivity contribution is -0.0512. The molecular formula is C14H15F2N3O3. The van der Waals surface area contributed by atoms with Gasteiger partial charge in [0.25, 0.3) is 5.91 Å². The van der Waals surface area contributed by atoms with E-state index in [2.05, 4.69) is 20.3 Å². The van der Waals surface area contributed by atoms with Gasteiger partial charge in [-0.2, -0.15) is 13.9 Å². The van der Waals surface area contributed by atoms with Gasteiger partial charge in [-0.1, -0.05) is 0 Å². The Labute approximate surface area is 125 Å². The van der Waals surface area contributed by atoms with E-state index in [-0.39, 0.29) is 23.1 Å². The Bertz CT molecular complexity index is 632. The van der Waals surface area contributed by atoms with Crippen molar-refractivity contribution in [3.05, 3.63) is 41.7 Å². The number of alkyl halides is 2. The van der Waals surface area contributed by atoms with Crippen LogP contribution in [-0.2, 0) is 0 Å². The monoisotopic (exact) mass is 311 g/mol. The highest BCUT2D eigenvalue weighted by Crippen LogP contribution is 2.29. The maximum atomic E-state index is 12.4. The fraction of sp³-hybridized carbons (Fsp3) is 0.286. The van der Waals surface area contributed by atoms with Crippen LogP contribution in [0.5, 0.6) is 11.5 Å². The van der Waals surface area contributed by atoms with Gasteiger partial charge in [0, 0.05) is 17.3 Å². The third-order valence-electron chi connectivity index (χ3n) is 3.01. The van der Waals surface area contributed by atoms with E-state index in [9.17, 15) is 13.6 Å². The van der Waals surface area contributed by atoms with Crippen LogP contribution in [0.25, 0.3) is 0 Å². The molecule has 1 aromatic carbocycles. The number of ether oxygens (including phenoxy) is 2. The topological polar surface area (TPSA) is 76.2 Å². The molecular weight excluding hydrogens is 296 g/mol. The van der Waals surface area contributed by atoms with Gasteiger partial charge in [-0.05, 0) is 25.1 Å². The zero-order valence-corrected chi connectivity index (χ0v) is 12.0. The molecule has 0 fully saturated rings. The Balaban J connectivity index is 2.15. The number of halogens is 2. The summed E-state index contributed by atoms with van der Waals surface area (Å²) in [7, 11) is 1.33. The van der Waals surface area contributed by atoms with Gasteiger partial charge in [0.05, 0.1) is 19.3 Å². The van der Waals surface area contributed by atoms with Crippen LogP contribution < -0.4 is 14.8 Å². The first-order valence-electron chi connectivity index (χ1n) is 6.43. The van der Waals surface area contributed by atoms with Gasteiger partial charge in [0.15, 0.2) is 11.5 Å². The number of nitrogens with one attached hydrogen (secondary N) is 2. The highest BCUT2D eigenvalue weighted by Gasteiger charge is 2.16. The number of carbonyl (C=O) groups excluding carboxylic acids is 1. The fourth-order valence-corrected chi connectivity index (χ4v) is 1.87. The summed E-state index contributed by atoms with van der Waals surface area (Å²) >= 11 is 0. The maximum absolute atomic E-state index is 12.4. The molecule has 0 aliphatic heterocycles. The number of hydrogen-bond acceptors (Lipinski definition) is 4. The summed E-state index contributed by atoms with van der Waals surface area (Å²) in [4.78, 5) is 12.2. The number of aromatic nitrogens is 2. The number of rotatable bonds is 6. The Morgan fingerprint density at radius 1 is 1.36 bits per heavy atom. The van der Waals surface area contributed by atoms with Crippen LogP contribution in [0.15, 0.2) is 30.6 Å². The van der Waals surface area contributed by atoms with Crippen LogP contribution >= 0.6 is 0 Å². The number of aromatic amines is 1. The molecule has 6 nitrogen and oxygen atoms in total. The van der Waals surface area contributed by atoms with Crippen molar-refractivity contribution in [2.45, 2.75) is 19.6 Å². The second kappa shape index (κ2) is 6.88. The molecule has 0 aliphatic carbocycles. The first kappa shape index (κ1) is 15.7. The van der Waals surface area contributed by atoms with E-state index in [4.69, 9.17) is 4.74 Å². The molecule has 22 heavy (non-hydrogen) atoms. The molecule has 1 heterocycles. The first-order valence-corrected chi connectivity index (χ1v) is 6.43. The van der Waals surface area contributed by atoms with Gasteiger partial charge >= 0.3 is 6.61 Å². The van der Waals surface area contributed by atoms with Crippen LogP contribution in [0.4, 0.5) is 8.78 Å². The molecule has 0 aliphatic rings. The predicted octanol–water partition coefficient (Wildman–Crippen LogP) is 2.51. The van der Waals surface area contributed by atoms with E-state index < -0.39 is 12.5 Å². The second-order valence-electron chi connectivity index (χ2n) is 4.47. The van der Waals surface area contributed by atoms with Crippen molar-refractivity contribution in [1.82, 2.24) is 15.5 Å². The van der Waals surface area contributed by atoms with Crippen molar-refractivity contribution in [3.8, 4) is 11.5 Å². The molecule has 2 aromatic rings. The number of carbonyl (C=O) groups is 1. The Morgan fingerprint density at radius 3 is 2.73 bits per heavy atom. The summed E-state index contributed by atoms with van der Waals surface area (Å²) in [5.74, 6) is -0.490. The lowest BCUT2D eigenvalue weighted by Crippen LogP contribution is -2.26. The summed E-state index contributed by atoms with van der Waals surface area (Å²) in [6, 6.07) is 3.79. The number of H-pyrrole nitrogens is 1. The van der Waals surface area contributed by atoms with Gasteiger partial charge in [-0.15, -0.1) is 0 Å². The van der Waals surface area contributed by atoms with Crippen LogP contribution in [0, 0.1) is 0 Å². The number of amides is 1. The Kier molecular flexibility index (Phi) is 4.92. The van der Waals surface area contributed by atoms with Gasteiger partial charge in [-0.3, -0.25) is 9.89 Å². The van der Waals surface area contributed by atoms with Crippen molar-refractivity contribution in [2.75, 3.05) is 7.11 Å². The van der Waals surface area contributed by atoms with Crippen molar-refractivity contribution in [2.24, 2.45) is 0 Å². The molecule has 118 valence electrons. The average Bonchev–Trinajstić information content (AvgIpc) is 3.00. The highest BCUT2D eigenvalue weighted by molar-refractivity contribution is 5.95. The van der Waals surface area contributed by atoms with Gasteiger partial charge < -0.3 is 14.8 Å². The summed E-state index contributed by atoms with van der Waals surface area (Å²) < 4.78 is 34.0. The third-order valence-corrected chi connectivity index (χ3v) is 3.01. The molecule has 2 rings (SSSR count). The van der Waals surface area contributed by atoms with E-state index >= 15 is 0 Å². The minimum Gasteiger partial charge on any atom is -0.493 e. The summed E-state index contributed by atoms with van der Waals surface area (Å²) in [5, 5.41) is 9.18. The molecule has 8 heteroatoms. The summed E-state index contributed by atoms with van der Waals surface area (Å²) in [6.45, 7) is -1.22. The molecule has 0 saturated carbocycles. The van der Waals surface area contributed by atoms with Crippen LogP contribution in [0.1, 0.15) is 28.9 Å². The Morgan fingerprint density at radius 2 is 2.14 bits per heavy atom. The van der Waals surface area contributed by atoms with Gasteiger partial charge in [0.1, 0.15) is 0 Å². The molecule has 0 saturated heterocycles. The smallest absolute Gasteiger partial charge is 0.387 e. The summed E-state index contributed by atoms with van der Waals surface area (Å²) in [6.07, 6.45) is 3.24. The molecule has 1 atom stereocenters. The van der Waals surface area contributed by atoms with Crippen molar-refractivity contribution >= 4 is 5.91 Å². The van der Waals surface area contributed by atoms with E-state index in [1.807, 2.05) is 0 Å². The SMILES string of the molecule is COc1ccc(C(=O)NC(C)c2cn[nH]c2)cc1OC(F)F. The molecule has 1 aromatic heterocycles. The van der Waals surface area contributed by atoms with Crippen molar-refractivity contribution in [1.29, 1.82) is 0 Å². The standard InChI is InChI=1S/C14H15F2N3O3/c1-8(10-6-17-18-7-10)19-13(20)9-3-4-11(21-2)12(5-9)22-14(15)16/h3-8,14H,1-2H3,(H,17,18)(H,19,20). The number of methoxy groups -OCH3 is 1. The third kappa shape index (κ3) is 3.72. The molecule has 0 radical (unpaired) electrons. The minimum absolute atomic E-state index is 0.125. The molecule has 1 unspecified atom stereocenters. The zero-order chi connectivity index (χ0) is 16.1. The lowest BCUT2D eigenvalue weighted by Gasteiger charge is -2.14. The summed E-state index contributed by atoms with van der Waals surface area (Å²) in [5.41, 5.74) is 0.984. The first-order chi connectivity index (χ1) is 10.5. The fourth-order valence-electron chi connectivity index (χ4n) is 1.87. The zero-order valence-electron chi connectivity index (χ0n) is 12.0. The molecule has 1 amide bonds. The van der Waals surface area contributed by atoms with Gasteiger partial charge in [0.2, 0.25) is 0 Å². The maximum Gasteiger partial charge on any atom is 0.387 e. The molecule has 0 bridgehead atoms. The molecule has 0 spiro atoms. The van der Waals surface area contributed by atoms with Gasteiger partial charge in [-0.25, -0.2) is 0 Å². The number of hydrogen-bond donors (Lipinski definition) is 2. The largest absolute Gasteiger partial charge is 0.493 e. The van der Waals surface area contributed by atoms with Crippen LogP contribution in [0.2, 0.25) is 0 Å². The minimum atomic E-state index is -3.00. The second-order valence-corrected chi connectivity index (χ2v) is 4.47. The van der Waals surface area contributed by atoms with Crippen molar-refractivity contribution < 1.29 is 23.0 Å². The molecule has 2 N–H and O–H groups in total. The highest BCUT2D eigenvalue weighted by atomic mass is 19.3. The van der Waals surface area contributed by atoms with Crippen LogP contribution in [-0.4, -0.2) is 29.8 Å². The van der Waals surface area contributed by atoms with E-state index in [1.54, 1.807) is 19.3 Å². The number of nitrogens with zero attached hydrogens (tertiary/aromatic N) is 1. The number of benzene rings is 1. The average molecular weight is 311 g/mol. The quantitative estimate of drug-likeness (QED) is 0.859.